The lowest BCUT2D eigenvalue weighted by atomic mass is 10.1. The fourth-order valence-electron chi connectivity index (χ4n) is 3.82. The van der Waals surface area contributed by atoms with Gasteiger partial charge in [0.15, 0.2) is 0 Å². The summed E-state index contributed by atoms with van der Waals surface area (Å²) in [5.74, 6) is 0.0912. The average molecular weight is 514 g/mol. The van der Waals surface area contributed by atoms with E-state index >= 15 is 0 Å². The lowest BCUT2D eigenvalue weighted by molar-refractivity contribution is -0.121. The molecule has 0 heterocycles. The Bertz CT molecular complexity index is 1320. The van der Waals surface area contributed by atoms with Crippen molar-refractivity contribution in [3.8, 4) is 5.75 Å². The van der Waals surface area contributed by atoms with E-state index in [4.69, 9.17) is 16.3 Å². The molecule has 0 bridgehead atoms. The van der Waals surface area contributed by atoms with Gasteiger partial charge in [-0.15, -0.1) is 0 Å². The maximum absolute atomic E-state index is 13.7. The lowest BCUT2D eigenvalue weighted by Gasteiger charge is -2.24. The molecule has 184 valence electrons. The van der Waals surface area contributed by atoms with Gasteiger partial charge in [-0.2, -0.15) is 9.41 Å². The normalized spacial score (nSPS) is 11.7. The molecule has 1 amide bonds. The summed E-state index contributed by atoms with van der Waals surface area (Å²) in [7, 11) is -2.44. The van der Waals surface area contributed by atoms with Gasteiger partial charge in [0.25, 0.3) is 5.91 Å². The molecule has 7 nitrogen and oxygen atoms in total. The molecule has 3 rings (SSSR count). The maximum Gasteiger partial charge on any atom is 0.255 e. The molecule has 0 aromatic heterocycles. The highest BCUT2D eigenvalue weighted by atomic mass is 35.5. The van der Waals surface area contributed by atoms with E-state index in [2.05, 4.69) is 10.5 Å². The van der Waals surface area contributed by atoms with Gasteiger partial charge in [0, 0.05) is 11.6 Å². The first-order valence-electron chi connectivity index (χ1n) is 10.9. The third-order valence-corrected chi connectivity index (χ3v) is 7.64. The van der Waals surface area contributed by atoms with Gasteiger partial charge >= 0.3 is 0 Å². The summed E-state index contributed by atoms with van der Waals surface area (Å²) in [5, 5.41) is 4.51. The number of methoxy groups -OCH3 is 1. The summed E-state index contributed by atoms with van der Waals surface area (Å²) < 4.78 is 33.8. The molecule has 3 aromatic rings. The van der Waals surface area contributed by atoms with Gasteiger partial charge in [0.1, 0.15) is 5.75 Å². The highest BCUT2D eigenvalue weighted by molar-refractivity contribution is 7.89. The van der Waals surface area contributed by atoms with Crippen LogP contribution in [0, 0.1) is 20.8 Å². The van der Waals surface area contributed by atoms with Gasteiger partial charge in [0.2, 0.25) is 10.0 Å². The van der Waals surface area contributed by atoms with Gasteiger partial charge in [-0.05, 0) is 67.3 Å². The van der Waals surface area contributed by atoms with Crippen LogP contribution in [0.5, 0.6) is 5.75 Å². The van der Waals surface area contributed by atoms with Crippen molar-refractivity contribution in [3.05, 3.63) is 93.5 Å². The molecule has 35 heavy (non-hydrogen) atoms. The van der Waals surface area contributed by atoms with Gasteiger partial charge in [-0.1, -0.05) is 53.6 Å². The molecule has 0 atom stereocenters. The SMILES string of the molecule is COc1cccc(/C=N/NC(=O)CN(Cc2ccc(Cl)cc2)S(=O)(=O)c2c(C)cc(C)cc2C)c1. The molecule has 0 aliphatic carbocycles. The van der Waals surface area contributed by atoms with Crippen LogP contribution >= 0.6 is 11.6 Å². The molecule has 0 saturated heterocycles. The van der Waals surface area contributed by atoms with E-state index < -0.39 is 22.5 Å². The second-order valence-electron chi connectivity index (χ2n) is 8.20. The number of amides is 1. The number of rotatable bonds is 9. The largest absolute Gasteiger partial charge is 0.497 e. The number of hydrogen-bond donors (Lipinski definition) is 1. The van der Waals surface area contributed by atoms with Crippen LogP contribution in [0.1, 0.15) is 27.8 Å². The third kappa shape index (κ3) is 6.91. The Hall–Kier alpha value is -3.20. The predicted molar refractivity (Wildman–Crippen MR) is 138 cm³/mol. The highest BCUT2D eigenvalue weighted by Crippen LogP contribution is 2.26. The number of carbonyl (C=O) groups is 1. The van der Waals surface area contributed by atoms with Crippen LogP contribution in [0.25, 0.3) is 0 Å². The van der Waals surface area contributed by atoms with E-state index in [9.17, 15) is 13.2 Å². The molecule has 0 fully saturated rings. The zero-order valence-electron chi connectivity index (χ0n) is 20.1. The summed E-state index contributed by atoms with van der Waals surface area (Å²) in [6.45, 7) is 5.01. The number of aryl methyl sites for hydroxylation is 3. The Kier molecular flexibility index (Phi) is 8.67. The third-order valence-electron chi connectivity index (χ3n) is 5.29. The Morgan fingerprint density at radius 1 is 1.06 bits per heavy atom. The highest BCUT2D eigenvalue weighted by Gasteiger charge is 2.30. The smallest absolute Gasteiger partial charge is 0.255 e. The summed E-state index contributed by atoms with van der Waals surface area (Å²) in [6.07, 6.45) is 1.47. The summed E-state index contributed by atoms with van der Waals surface area (Å²) in [5.41, 5.74) is 6.06. The molecule has 0 saturated carbocycles. The predicted octanol–water partition coefficient (Wildman–Crippen LogP) is 4.62. The summed E-state index contributed by atoms with van der Waals surface area (Å²) in [6, 6.07) is 17.6. The van der Waals surface area contributed by atoms with Crippen LogP contribution in [0.3, 0.4) is 0 Å². The van der Waals surface area contributed by atoms with Crippen molar-refractivity contribution >= 4 is 33.7 Å². The van der Waals surface area contributed by atoms with Crippen LogP contribution in [0.4, 0.5) is 0 Å². The number of ether oxygens (including phenoxy) is 1. The van der Waals surface area contributed by atoms with Crippen molar-refractivity contribution in [2.24, 2.45) is 5.10 Å². The molecular weight excluding hydrogens is 486 g/mol. The maximum atomic E-state index is 13.7. The fraction of sp³-hybridized carbons (Fsp3) is 0.231. The topological polar surface area (TPSA) is 88.1 Å². The molecule has 0 aliphatic heterocycles. The van der Waals surface area contributed by atoms with E-state index in [0.717, 1.165) is 15.4 Å². The van der Waals surface area contributed by atoms with Crippen LogP contribution < -0.4 is 10.2 Å². The molecule has 0 radical (unpaired) electrons. The lowest BCUT2D eigenvalue weighted by Crippen LogP contribution is -2.39. The second-order valence-corrected chi connectivity index (χ2v) is 10.5. The standard InChI is InChI=1S/C26H28ClN3O4S/c1-18-12-19(2)26(20(3)13-18)35(32,33)30(16-21-8-10-23(27)11-9-21)17-25(31)29-28-15-22-6-5-7-24(14-22)34-4/h5-15H,16-17H2,1-4H3,(H,29,31)/b28-15+. The number of sulfonamides is 1. The first-order chi connectivity index (χ1) is 16.6. The van der Waals surface area contributed by atoms with Gasteiger partial charge in [-0.3, -0.25) is 4.79 Å². The second kappa shape index (κ2) is 11.5. The molecule has 1 N–H and O–H groups in total. The zero-order chi connectivity index (χ0) is 25.6. The van der Waals surface area contributed by atoms with Crippen LogP contribution in [-0.2, 0) is 21.4 Å². The van der Waals surface area contributed by atoms with Crippen molar-refractivity contribution in [2.45, 2.75) is 32.2 Å². The number of halogens is 1. The quantitative estimate of drug-likeness (QED) is 0.334. The van der Waals surface area contributed by atoms with E-state index in [-0.39, 0.29) is 11.4 Å². The Labute approximate surface area is 211 Å². The van der Waals surface area contributed by atoms with Crippen molar-refractivity contribution in [1.82, 2.24) is 9.73 Å². The van der Waals surface area contributed by atoms with E-state index in [1.54, 1.807) is 69.5 Å². The number of carbonyl (C=O) groups excluding carboxylic acids is 1. The number of benzene rings is 3. The number of hydrogen-bond acceptors (Lipinski definition) is 5. The van der Waals surface area contributed by atoms with Crippen LogP contribution in [-0.4, -0.2) is 38.5 Å². The Balaban J connectivity index is 1.86. The van der Waals surface area contributed by atoms with Crippen molar-refractivity contribution in [1.29, 1.82) is 0 Å². The monoisotopic (exact) mass is 513 g/mol. The number of nitrogens with one attached hydrogen (secondary N) is 1. The van der Waals surface area contributed by atoms with E-state index in [1.165, 1.54) is 6.21 Å². The molecule has 0 spiro atoms. The molecule has 0 aliphatic rings. The summed E-state index contributed by atoms with van der Waals surface area (Å²) in [4.78, 5) is 12.9. The average Bonchev–Trinajstić information content (AvgIpc) is 2.79. The zero-order valence-corrected chi connectivity index (χ0v) is 21.7. The van der Waals surface area contributed by atoms with Crippen molar-refractivity contribution < 1.29 is 17.9 Å². The molecule has 3 aromatic carbocycles. The van der Waals surface area contributed by atoms with Crippen molar-refractivity contribution in [2.75, 3.05) is 13.7 Å². The molecule has 9 heteroatoms. The molecular formula is C26H28ClN3O4S. The fourth-order valence-corrected chi connectivity index (χ4v) is 5.74. The van der Waals surface area contributed by atoms with Gasteiger partial charge < -0.3 is 4.74 Å². The summed E-state index contributed by atoms with van der Waals surface area (Å²) >= 11 is 5.98. The minimum Gasteiger partial charge on any atom is -0.497 e. The van der Waals surface area contributed by atoms with Gasteiger partial charge in [-0.25, -0.2) is 13.8 Å². The van der Waals surface area contributed by atoms with E-state index in [0.29, 0.717) is 27.5 Å². The van der Waals surface area contributed by atoms with E-state index in [1.807, 2.05) is 19.1 Å². The van der Waals surface area contributed by atoms with Crippen LogP contribution in [0.2, 0.25) is 5.02 Å². The number of nitrogens with zero attached hydrogens (tertiary/aromatic N) is 2. The molecule has 0 unspecified atom stereocenters. The minimum absolute atomic E-state index is 0.000717. The van der Waals surface area contributed by atoms with Crippen LogP contribution in [0.15, 0.2) is 70.7 Å². The van der Waals surface area contributed by atoms with Crippen molar-refractivity contribution in [3.63, 3.8) is 0 Å². The first kappa shape index (κ1) is 26.4. The van der Waals surface area contributed by atoms with Gasteiger partial charge in [0.05, 0.1) is 24.8 Å². The Morgan fingerprint density at radius 3 is 2.34 bits per heavy atom. The minimum atomic E-state index is -4.00. The first-order valence-corrected chi connectivity index (χ1v) is 12.7. The Morgan fingerprint density at radius 2 is 1.71 bits per heavy atom. The number of hydrazone groups is 1.